The zero-order valence-corrected chi connectivity index (χ0v) is 11.2. The van der Waals surface area contributed by atoms with E-state index in [1.54, 1.807) is 0 Å². The predicted octanol–water partition coefficient (Wildman–Crippen LogP) is 0.437. The van der Waals surface area contributed by atoms with E-state index >= 15 is 0 Å². The van der Waals surface area contributed by atoms with E-state index in [2.05, 4.69) is 10.6 Å². The number of carbonyl (C=O) groups excluding carboxylic acids is 3. The molecule has 0 bridgehead atoms. The van der Waals surface area contributed by atoms with Crippen LogP contribution in [0.25, 0.3) is 0 Å². The van der Waals surface area contributed by atoms with Gasteiger partial charge in [-0.1, -0.05) is 0 Å². The van der Waals surface area contributed by atoms with Crippen molar-refractivity contribution in [2.45, 2.75) is 18.9 Å². The van der Waals surface area contributed by atoms with E-state index in [1.165, 1.54) is 0 Å². The summed E-state index contributed by atoms with van der Waals surface area (Å²) in [7, 11) is 0. The summed E-state index contributed by atoms with van der Waals surface area (Å²) in [6.45, 7) is -0.496. The highest BCUT2D eigenvalue weighted by Gasteiger charge is 2.27. The summed E-state index contributed by atoms with van der Waals surface area (Å²) in [5, 5.41) is 6.68. The summed E-state index contributed by atoms with van der Waals surface area (Å²) in [6.07, 6.45) is 0.550. The Labute approximate surface area is 123 Å². The first kappa shape index (κ1) is 15.8. The number of hydrogen-bond donors (Lipinski definition) is 3. The van der Waals surface area contributed by atoms with E-state index in [1.807, 2.05) is 5.32 Å². The van der Waals surface area contributed by atoms with Gasteiger partial charge in [0.15, 0.2) is 17.5 Å². The zero-order chi connectivity index (χ0) is 16.3. The Kier molecular flexibility index (Phi) is 4.64. The van der Waals surface area contributed by atoms with E-state index in [0.29, 0.717) is 12.5 Å². The normalized spacial score (nSPS) is 17.0. The highest BCUT2D eigenvalue weighted by atomic mass is 19.2. The second-order valence-corrected chi connectivity index (χ2v) is 4.65. The van der Waals surface area contributed by atoms with Crippen molar-refractivity contribution in [2.75, 3.05) is 11.9 Å². The Hall–Kier alpha value is -2.58. The Morgan fingerprint density at radius 2 is 1.95 bits per heavy atom. The number of nitrogens with one attached hydrogen (secondary N) is 3. The van der Waals surface area contributed by atoms with Crippen LogP contribution in [0, 0.1) is 17.5 Å². The summed E-state index contributed by atoms with van der Waals surface area (Å²) >= 11 is 0. The van der Waals surface area contributed by atoms with Crippen LogP contribution >= 0.6 is 0 Å². The lowest BCUT2D eigenvalue weighted by molar-refractivity contribution is -0.127. The molecule has 1 aliphatic heterocycles. The number of halogens is 3. The lowest BCUT2D eigenvalue weighted by Crippen LogP contribution is -2.44. The lowest BCUT2D eigenvalue weighted by atomic mass is 10.2. The second kappa shape index (κ2) is 6.46. The summed E-state index contributed by atoms with van der Waals surface area (Å²) < 4.78 is 39.1. The maximum absolute atomic E-state index is 13.3. The van der Waals surface area contributed by atoms with Gasteiger partial charge in [-0.15, -0.1) is 0 Å². The topological polar surface area (TPSA) is 87.3 Å². The third-order valence-corrected chi connectivity index (χ3v) is 3.04. The average molecular weight is 315 g/mol. The average Bonchev–Trinajstić information content (AvgIpc) is 2.92. The maximum Gasteiger partial charge on any atom is 0.243 e. The third kappa shape index (κ3) is 3.54. The van der Waals surface area contributed by atoms with Gasteiger partial charge >= 0.3 is 0 Å². The lowest BCUT2D eigenvalue weighted by Gasteiger charge is -2.11. The Balaban J connectivity index is 1.87. The van der Waals surface area contributed by atoms with Gasteiger partial charge in [-0.2, -0.15) is 0 Å². The van der Waals surface area contributed by atoms with Gasteiger partial charge in [0.2, 0.25) is 17.7 Å². The van der Waals surface area contributed by atoms with Crippen LogP contribution in [-0.4, -0.2) is 30.3 Å². The van der Waals surface area contributed by atoms with Gasteiger partial charge in [0.05, 0.1) is 12.2 Å². The largest absolute Gasteiger partial charge is 0.345 e. The fraction of sp³-hybridized carbons (Fsp3) is 0.308. The molecule has 118 valence electrons. The molecule has 0 radical (unpaired) electrons. The van der Waals surface area contributed by atoms with Crippen molar-refractivity contribution >= 4 is 23.4 Å². The number of carbonyl (C=O) groups is 3. The quantitative estimate of drug-likeness (QED) is 0.705. The zero-order valence-electron chi connectivity index (χ0n) is 11.2. The molecule has 1 saturated heterocycles. The van der Waals surface area contributed by atoms with Gasteiger partial charge < -0.3 is 16.0 Å². The highest BCUT2D eigenvalue weighted by molar-refractivity contribution is 5.96. The van der Waals surface area contributed by atoms with Crippen molar-refractivity contribution in [1.29, 1.82) is 0 Å². The minimum Gasteiger partial charge on any atom is -0.345 e. The number of hydrogen-bond acceptors (Lipinski definition) is 3. The van der Waals surface area contributed by atoms with E-state index < -0.39 is 47.5 Å². The minimum absolute atomic E-state index is 0.227. The summed E-state index contributed by atoms with van der Waals surface area (Å²) in [4.78, 5) is 34.1. The highest BCUT2D eigenvalue weighted by Crippen LogP contribution is 2.19. The molecule has 9 heteroatoms. The van der Waals surface area contributed by atoms with Gasteiger partial charge in [0.25, 0.3) is 0 Å². The fourth-order valence-corrected chi connectivity index (χ4v) is 1.92. The number of benzene rings is 1. The molecule has 1 aromatic rings. The smallest absolute Gasteiger partial charge is 0.243 e. The monoisotopic (exact) mass is 315 g/mol. The molecule has 6 nitrogen and oxygen atoms in total. The Morgan fingerprint density at radius 3 is 2.59 bits per heavy atom. The van der Waals surface area contributed by atoms with E-state index in [4.69, 9.17) is 0 Å². The van der Waals surface area contributed by atoms with Gasteiger partial charge in [0.1, 0.15) is 6.04 Å². The van der Waals surface area contributed by atoms with Crippen molar-refractivity contribution in [3.63, 3.8) is 0 Å². The van der Waals surface area contributed by atoms with Crippen LogP contribution in [0.1, 0.15) is 12.8 Å². The summed E-state index contributed by atoms with van der Waals surface area (Å²) in [6, 6.07) is 0.825. The molecule has 1 aromatic carbocycles. The first-order valence-electron chi connectivity index (χ1n) is 6.39. The SMILES string of the molecule is O=C(CNC(=O)C1CCC(=O)N1)Nc1ccc(F)c(F)c1F. The van der Waals surface area contributed by atoms with Crippen LogP contribution in [0.5, 0.6) is 0 Å². The standard InChI is InChI=1S/C13H12F3N3O3/c14-6-1-2-7(12(16)11(6)15)18-10(21)5-17-13(22)8-3-4-9(20)19-8/h1-2,8H,3-5H2,(H,17,22)(H,18,21)(H,19,20). The molecule has 0 saturated carbocycles. The van der Waals surface area contributed by atoms with Crippen molar-refractivity contribution in [2.24, 2.45) is 0 Å². The summed E-state index contributed by atoms with van der Waals surface area (Å²) in [5.41, 5.74) is -0.535. The predicted molar refractivity (Wildman–Crippen MR) is 69.1 cm³/mol. The van der Waals surface area contributed by atoms with E-state index in [-0.39, 0.29) is 12.3 Å². The van der Waals surface area contributed by atoms with Crippen LogP contribution in [-0.2, 0) is 14.4 Å². The number of rotatable bonds is 4. The molecule has 0 aliphatic carbocycles. The van der Waals surface area contributed by atoms with Crippen LogP contribution in [0.15, 0.2) is 12.1 Å². The molecule has 0 spiro atoms. The molecule has 3 N–H and O–H groups in total. The molecule has 2 rings (SSSR count). The third-order valence-electron chi connectivity index (χ3n) is 3.04. The van der Waals surface area contributed by atoms with Gasteiger partial charge in [0, 0.05) is 6.42 Å². The molecular formula is C13H12F3N3O3. The van der Waals surface area contributed by atoms with Crippen LogP contribution in [0.3, 0.4) is 0 Å². The molecule has 1 heterocycles. The summed E-state index contributed by atoms with van der Waals surface area (Å²) in [5.74, 6) is -6.22. The molecule has 1 aliphatic rings. The Bertz CT molecular complexity index is 636. The van der Waals surface area contributed by atoms with Crippen LogP contribution in [0.4, 0.5) is 18.9 Å². The molecule has 1 unspecified atom stereocenters. The number of amides is 3. The fourth-order valence-electron chi connectivity index (χ4n) is 1.92. The second-order valence-electron chi connectivity index (χ2n) is 4.65. The van der Waals surface area contributed by atoms with Gasteiger partial charge in [-0.3, -0.25) is 14.4 Å². The van der Waals surface area contributed by atoms with Crippen molar-refractivity contribution < 1.29 is 27.6 Å². The molecule has 1 atom stereocenters. The molecule has 1 fully saturated rings. The number of anilines is 1. The van der Waals surface area contributed by atoms with Crippen molar-refractivity contribution in [3.05, 3.63) is 29.6 Å². The molecule has 3 amide bonds. The molecule has 0 aromatic heterocycles. The van der Waals surface area contributed by atoms with Crippen molar-refractivity contribution in [1.82, 2.24) is 10.6 Å². The van der Waals surface area contributed by atoms with Gasteiger partial charge in [-0.25, -0.2) is 13.2 Å². The molecular weight excluding hydrogens is 303 g/mol. The molecule has 22 heavy (non-hydrogen) atoms. The first-order chi connectivity index (χ1) is 10.4. The van der Waals surface area contributed by atoms with Crippen LogP contribution in [0.2, 0.25) is 0 Å². The first-order valence-corrected chi connectivity index (χ1v) is 6.39. The Morgan fingerprint density at radius 1 is 1.23 bits per heavy atom. The minimum atomic E-state index is -1.70. The maximum atomic E-state index is 13.3. The van der Waals surface area contributed by atoms with E-state index in [0.717, 1.165) is 6.07 Å². The van der Waals surface area contributed by atoms with Crippen molar-refractivity contribution in [3.8, 4) is 0 Å². The van der Waals surface area contributed by atoms with Gasteiger partial charge in [-0.05, 0) is 18.6 Å². The van der Waals surface area contributed by atoms with E-state index in [9.17, 15) is 27.6 Å². The van der Waals surface area contributed by atoms with Crippen LogP contribution < -0.4 is 16.0 Å².